The highest BCUT2D eigenvalue weighted by molar-refractivity contribution is 6.03. The Morgan fingerprint density at radius 2 is 2.13 bits per heavy atom. The Hall–Kier alpha value is -3.97. The van der Waals surface area contributed by atoms with E-state index >= 15 is 0 Å². The van der Waals surface area contributed by atoms with Crippen molar-refractivity contribution < 1.29 is 14.3 Å². The summed E-state index contributed by atoms with van der Waals surface area (Å²) in [7, 11) is 1.63. The standard InChI is InChI=1S/C21H21N7O3/c1-12-9-28(16-6-5-13(8-22)18-14(16)4-3-7-24-18)11-17(31-12)21(30)25-15-10-27(2)26-19(15)20(23)29/h3-7,10,12,17H,9,11H2,1-2H3,(H2,23,29)(H,25,30). The van der Waals surface area contributed by atoms with Crippen molar-refractivity contribution in [3.63, 3.8) is 0 Å². The molecule has 31 heavy (non-hydrogen) atoms. The Balaban J connectivity index is 1.61. The molecule has 10 nitrogen and oxygen atoms in total. The Kier molecular flexibility index (Phi) is 5.27. The summed E-state index contributed by atoms with van der Waals surface area (Å²) in [5, 5.41) is 16.9. The van der Waals surface area contributed by atoms with Crippen LogP contribution in [0.5, 0.6) is 0 Å². The number of morpholine rings is 1. The number of anilines is 2. The highest BCUT2D eigenvalue weighted by atomic mass is 16.5. The van der Waals surface area contributed by atoms with E-state index in [0.717, 1.165) is 11.1 Å². The molecule has 0 spiro atoms. The molecule has 1 aromatic carbocycles. The number of nitriles is 1. The van der Waals surface area contributed by atoms with Crippen molar-refractivity contribution in [1.29, 1.82) is 5.26 Å². The van der Waals surface area contributed by atoms with Crippen LogP contribution in [0.4, 0.5) is 11.4 Å². The fourth-order valence-electron chi connectivity index (χ4n) is 3.79. The van der Waals surface area contributed by atoms with E-state index in [1.165, 1.54) is 10.9 Å². The van der Waals surface area contributed by atoms with Crippen LogP contribution >= 0.6 is 0 Å². The van der Waals surface area contributed by atoms with Gasteiger partial charge in [-0.1, -0.05) is 0 Å². The number of ether oxygens (including phenoxy) is 1. The minimum Gasteiger partial charge on any atom is -0.365 e. The van der Waals surface area contributed by atoms with E-state index in [0.29, 0.717) is 17.6 Å². The van der Waals surface area contributed by atoms with E-state index in [1.807, 2.05) is 30.0 Å². The lowest BCUT2D eigenvalue weighted by Gasteiger charge is -2.38. The number of benzene rings is 1. The molecule has 2 amide bonds. The fraction of sp³-hybridized carbons (Fsp3) is 0.286. The van der Waals surface area contributed by atoms with Crippen LogP contribution < -0.4 is 16.0 Å². The lowest BCUT2D eigenvalue weighted by Crippen LogP contribution is -2.51. The van der Waals surface area contributed by atoms with Crippen molar-refractivity contribution in [3.8, 4) is 6.07 Å². The second-order valence-electron chi connectivity index (χ2n) is 7.40. The molecule has 0 radical (unpaired) electrons. The van der Waals surface area contributed by atoms with Crippen molar-refractivity contribution in [3.05, 3.63) is 47.9 Å². The first-order valence-electron chi connectivity index (χ1n) is 9.70. The minimum absolute atomic E-state index is 0.0132. The molecule has 1 fully saturated rings. The monoisotopic (exact) mass is 419 g/mol. The summed E-state index contributed by atoms with van der Waals surface area (Å²) < 4.78 is 7.28. The molecule has 4 rings (SSSR count). The van der Waals surface area contributed by atoms with Gasteiger partial charge in [-0.05, 0) is 31.2 Å². The molecule has 1 saturated heterocycles. The molecule has 158 valence electrons. The van der Waals surface area contributed by atoms with Crippen LogP contribution in [0, 0.1) is 11.3 Å². The number of rotatable bonds is 4. The number of primary amides is 1. The highest BCUT2D eigenvalue weighted by Gasteiger charge is 2.32. The van der Waals surface area contributed by atoms with Gasteiger partial charge in [-0.2, -0.15) is 10.4 Å². The smallest absolute Gasteiger partial charge is 0.271 e. The van der Waals surface area contributed by atoms with Gasteiger partial charge in [-0.25, -0.2) is 0 Å². The third-order valence-corrected chi connectivity index (χ3v) is 5.08. The van der Waals surface area contributed by atoms with Gasteiger partial charge >= 0.3 is 0 Å². The number of carbonyl (C=O) groups is 2. The number of hydrogen-bond acceptors (Lipinski definition) is 7. The molecule has 2 unspecified atom stereocenters. The molecule has 10 heteroatoms. The summed E-state index contributed by atoms with van der Waals surface area (Å²) in [6.07, 6.45) is 2.15. The van der Waals surface area contributed by atoms with Crippen LogP contribution in [-0.4, -0.2) is 51.9 Å². The van der Waals surface area contributed by atoms with Gasteiger partial charge in [-0.15, -0.1) is 0 Å². The third kappa shape index (κ3) is 3.91. The Morgan fingerprint density at radius 1 is 1.32 bits per heavy atom. The van der Waals surface area contributed by atoms with Gasteiger partial charge in [0.05, 0.1) is 29.4 Å². The van der Waals surface area contributed by atoms with Gasteiger partial charge in [0.2, 0.25) is 0 Å². The fourth-order valence-corrected chi connectivity index (χ4v) is 3.79. The zero-order valence-electron chi connectivity index (χ0n) is 17.1. The number of nitrogens with zero attached hydrogens (tertiary/aromatic N) is 5. The molecule has 0 bridgehead atoms. The van der Waals surface area contributed by atoms with E-state index in [-0.39, 0.29) is 24.0 Å². The molecule has 1 aliphatic rings. The largest absolute Gasteiger partial charge is 0.365 e. The summed E-state index contributed by atoms with van der Waals surface area (Å²) in [5.41, 5.74) is 7.54. The Bertz CT molecular complexity index is 1210. The number of fused-ring (bicyclic) bond motifs is 1. The van der Waals surface area contributed by atoms with Crippen molar-refractivity contribution in [2.75, 3.05) is 23.3 Å². The second kappa shape index (κ2) is 8.04. The zero-order chi connectivity index (χ0) is 22.1. The average Bonchev–Trinajstić information content (AvgIpc) is 3.12. The maximum absolute atomic E-state index is 12.9. The van der Waals surface area contributed by atoms with Gasteiger partial charge in [0.1, 0.15) is 6.07 Å². The van der Waals surface area contributed by atoms with Crippen LogP contribution in [0.25, 0.3) is 10.9 Å². The lowest BCUT2D eigenvalue weighted by molar-refractivity contribution is -0.131. The Morgan fingerprint density at radius 3 is 2.87 bits per heavy atom. The maximum Gasteiger partial charge on any atom is 0.271 e. The first-order chi connectivity index (χ1) is 14.9. The highest BCUT2D eigenvalue weighted by Crippen LogP contribution is 2.30. The normalized spacial score (nSPS) is 18.5. The van der Waals surface area contributed by atoms with Crippen molar-refractivity contribution in [1.82, 2.24) is 14.8 Å². The quantitative estimate of drug-likeness (QED) is 0.647. The topological polar surface area (TPSA) is 139 Å². The summed E-state index contributed by atoms with van der Waals surface area (Å²) in [5.74, 6) is -1.13. The van der Waals surface area contributed by atoms with Crippen molar-refractivity contribution in [2.24, 2.45) is 12.8 Å². The van der Waals surface area contributed by atoms with Crippen LogP contribution in [0.15, 0.2) is 36.7 Å². The number of hydrogen-bond donors (Lipinski definition) is 2. The van der Waals surface area contributed by atoms with Gasteiger partial charge in [-0.3, -0.25) is 19.3 Å². The number of aryl methyl sites for hydroxylation is 1. The summed E-state index contributed by atoms with van der Waals surface area (Å²) >= 11 is 0. The van der Waals surface area contributed by atoms with E-state index in [4.69, 9.17) is 10.5 Å². The van der Waals surface area contributed by atoms with Gasteiger partial charge < -0.3 is 20.7 Å². The molecule has 1 aliphatic heterocycles. The molecule has 0 saturated carbocycles. The predicted octanol–water partition coefficient (Wildman–Crippen LogP) is 1.17. The predicted molar refractivity (Wildman–Crippen MR) is 113 cm³/mol. The number of aromatic nitrogens is 3. The van der Waals surface area contributed by atoms with E-state index in [2.05, 4.69) is 21.5 Å². The molecule has 3 aromatic rings. The maximum atomic E-state index is 12.9. The van der Waals surface area contributed by atoms with E-state index < -0.39 is 17.9 Å². The first kappa shape index (κ1) is 20.3. The van der Waals surface area contributed by atoms with Crippen molar-refractivity contribution >= 4 is 34.1 Å². The average molecular weight is 419 g/mol. The third-order valence-electron chi connectivity index (χ3n) is 5.08. The summed E-state index contributed by atoms with van der Waals surface area (Å²) in [6, 6.07) is 9.48. The Labute approximate surface area is 178 Å². The van der Waals surface area contributed by atoms with Crippen LogP contribution in [-0.2, 0) is 16.6 Å². The van der Waals surface area contributed by atoms with Gasteiger partial charge in [0.25, 0.3) is 11.8 Å². The molecule has 2 aromatic heterocycles. The number of nitrogens with one attached hydrogen (secondary N) is 1. The molecular formula is C21H21N7O3. The minimum atomic E-state index is -0.785. The van der Waals surface area contributed by atoms with E-state index in [1.54, 1.807) is 19.3 Å². The number of pyridine rings is 1. The van der Waals surface area contributed by atoms with Crippen LogP contribution in [0.1, 0.15) is 23.0 Å². The molecule has 3 N–H and O–H groups in total. The summed E-state index contributed by atoms with van der Waals surface area (Å²) in [6.45, 7) is 2.74. The van der Waals surface area contributed by atoms with E-state index in [9.17, 15) is 14.9 Å². The van der Waals surface area contributed by atoms with Crippen LogP contribution in [0.2, 0.25) is 0 Å². The molecular weight excluding hydrogens is 398 g/mol. The SMILES string of the molecule is CC1CN(c2ccc(C#N)c3ncccc23)CC(C(=O)Nc2cn(C)nc2C(N)=O)O1. The van der Waals surface area contributed by atoms with Crippen molar-refractivity contribution in [2.45, 2.75) is 19.1 Å². The number of amides is 2. The molecule has 3 heterocycles. The van der Waals surface area contributed by atoms with Crippen LogP contribution in [0.3, 0.4) is 0 Å². The lowest BCUT2D eigenvalue weighted by atomic mass is 10.1. The van der Waals surface area contributed by atoms with Gasteiger partial charge in [0, 0.05) is 37.1 Å². The van der Waals surface area contributed by atoms with Gasteiger partial charge in [0.15, 0.2) is 11.8 Å². The summed E-state index contributed by atoms with van der Waals surface area (Å²) in [4.78, 5) is 30.9. The molecule has 2 atom stereocenters. The number of carbonyl (C=O) groups excluding carboxylic acids is 2. The second-order valence-corrected chi connectivity index (χ2v) is 7.40. The number of nitrogens with two attached hydrogens (primary N) is 1. The zero-order valence-corrected chi connectivity index (χ0v) is 17.1. The first-order valence-corrected chi connectivity index (χ1v) is 9.70. The molecule has 0 aliphatic carbocycles.